The normalized spacial score (nSPS) is 19.4. The largest absolute Gasteiger partial charge is 0.476 e. The number of likely N-dealkylation sites (N-methyl/N-ethyl adjacent to an activating group) is 1. The van der Waals surface area contributed by atoms with Gasteiger partial charge in [-0.15, -0.1) is 0 Å². The summed E-state index contributed by atoms with van der Waals surface area (Å²) in [5.74, 6) is -4.48. The Morgan fingerprint density at radius 3 is 2.41 bits per heavy atom. The van der Waals surface area contributed by atoms with Crippen LogP contribution in [0.4, 0.5) is 23.4 Å². The second-order valence-electron chi connectivity index (χ2n) is 9.17. The summed E-state index contributed by atoms with van der Waals surface area (Å²) in [7, 11) is 0. The molecule has 2 amide bonds. The number of carbonyl (C=O) groups excluding carboxylic acids is 2. The Labute approximate surface area is 219 Å². The highest BCUT2D eigenvalue weighted by Crippen LogP contribution is 2.44. The standard InChI is InChI=1S/C26H22F4N4O5/c1-2-33-23-19(21(25(37)38)32-34(23)17-11-39-12-17)18(13-6-8-16(27)9-7-13)20(24(33)36)31-22(35)14-4-3-5-15(10-14)26(28,29)30/h3-10,17-18,20H,2,11-12H2,1H3,(H,31,35)(H,37,38)/t18-,20-/m1/s1. The van der Waals surface area contributed by atoms with Gasteiger partial charge in [0.25, 0.3) is 11.8 Å². The number of nitrogens with one attached hydrogen (secondary N) is 1. The molecule has 9 nitrogen and oxygen atoms in total. The third kappa shape index (κ3) is 4.62. The van der Waals surface area contributed by atoms with Crippen LogP contribution in [0.1, 0.15) is 56.4 Å². The predicted octanol–water partition coefficient (Wildman–Crippen LogP) is 3.61. The van der Waals surface area contributed by atoms with E-state index < -0.39 is 47.3 Å². The molecule has 0 unspecified atom stereocenters. The molecule has 204 valence electrons. The lowest BCUT2D eigenvalue weighted by Gasteiger charge is -2.39. The molecule has 0 saturated carbocycles. The summed E-state index contributed by atoms with van der Waals surface area (Å²) in [5.41, 5.74) is -1.32. The molecular weight excluding hydrogens is 524 g/mol. The van der Waals surface area contributed by atoms with E-state index in [4.69, 9.17) is 4.74 Å². The number of anilines is 1. The number of halogens is 4. The molecular formula is C26H22F4N4O5. The summed E-state index contributed by atoms with van der Waals surface area (Å²) in [6.45, 7) is 2.22. The van der Waals surface area contributed by atoms with E-state index in [2.05, 4.69) is 10.4 Å². The average Bonchev–Trinajstić information content (AvgIpc) is 3.23. The number of aromatic carboxylic acids is 1. The van der Waals surface area contributed by atoms with E-state index in [-0.39, 0.29) is 48.4 Å². The minimum atomic E-state index is -4.70. The first-order chi connectivity index (χ1) is 18.5. The number of amides is 2. The van der Waals surface area contributed by atoms with Crippen molar-refractivity contribution < 1.29 is 41.8 Å². The van der Waals surface area contributed by atoms with Crippen LogP contribution < -0.4 is 10.2 Å². The molecule has 0 aliphatic carbocycles. The van der Waals surface area contributed by atoms with Crippen LogP contribution in [0.15, 0.2) is 48.5 Å². The number of nitrogens with zero attached hydrogens (tertiary/aromatic N) is 3. The van der Waals surface area contributed by atoms with E-state index in [1.54, 1.807) is 6.92 Å². The highest BCUT2D eigenvalue weighted by atomic mass is 19.4. The van der Waals surface area contributed by atoms with Crippen molar-refractivity contribution in [2.24, 2.45) is 0 Å². The van der Waals surface area contributed by atoms with Gasteiger partial charge in [-0.2, -0.15) is 18.3 Å². The average molecular weight is 546 g/mol. The van der Waals surface area contributed by atoms with E-state index in [0.29, 0.717) is 11.6 Å². The van der Waals surface area contributed by atoms with Gasteiger partial charge in [-0.05, 0) is 42.8 Å². The molecule has 2 aromatic carbocycles. The number of benzene rings is 2. The van der Waals surface area contributed by atoms with Crippen molar-refractivity contribution in [1.82, 2.24) is 15.1 Å². The van der Waals surface area contributed by atoms with Gasteiger partial charge >= 0.3 is 12.1 Å². The summed E-state index contributed by atoms with van der Waals surface area (Å²) >= 11 is 0. The monoisotopic (exact) mass is 546 g/mol. The zero-order chi connectivity index (χ0) is 28.1. The van der Waals surface area contributed by atoms with Crippen LogP contribution in [0.5, 0.6) is 0 Å². The number of ether oxygens (including phenoxy) is 1. The van der Waals surface area contributed by atoms with Gasteiger partial charge in [0.15, 0.2) is 5.69 Å². The third-order valence-corrected chi connectivity index (χ3v) is 6.81. The molecule has 1 saturated heterocycles. The quantitative estimate of drug-likeness (QED) is 0.457. The highest BCUT2D eigenvalue weighted by molar-refractivity contribution is 6.06. The number of carboxylic acid groups (broad SMARTS) is 1. The predicted molar refractivity (Wildman–Crippen MR) is 128 cm³/mol. The lowest BCUT2D eigenvalue weighted by Crippen LogP contribution is -2.56. The Bertz CT molecular complexity index is 1450. The van der Waals surface area contributed by atoms with Gasteiger partial charge in [0, 0.05) is 23.6 Å². The fourth-order valence-electron chi connectivity index (χ4n) is 4.89. The van der Waals surface area contributed by atoms with Gasteiger partial charge in [-0.25, -0.2) is 13.9 Å². The van der Waals surface area contributed by atoms with Crippen LogP contribution >= 0.6 is 0 Å². The number of alkyl halides is 3. The molecule has 39 heavy (non-hydrogen) atoms. The summed E-state index contributed by atoms with van der Waals surface area (Å²) in [4.78, 5) is 40.7. The molecule has 0 radical (unpaired) electrons. The van der Waals surface area contributed by atoms with E-state index in [9.17, 15) is 37.1 Å². The topological polar surface area (TPSA) is 114 Å². The minimum Gasteiger partial charge on any atom is -0.476 e. The molecule has 0 spiro atoms. The number of carboxylic acids is 1. The second kappa shape index (κ2) is 9.80. The Morgan fingerprint density at radius 2 is 1.85 bits per heavy atom. The molecule has 2 aliphatic rings. The van der Waals surface area contributed by atoms with E-state index in [1.807, 2.05) is 0 Å². The summed E-state index contributed by atoms with van der Waals surface area (Å²) in [5, 5.41) is 16.8. The van der Waals surface area contributed by atoms with Gasteiger partial charge in [0.2, 0.25) is 0 Å². The van der Waals surface area contributed by atoms with Crippen molar-refractivity contribution in [3.8, 4) is 0 Å². The maximum absolute atomic E-state index is 13.9. The maximum atomic E-state index is 13.9. The number of aromatic nitrogens is 2. The van der Waals surface area contributed by atoms with Crippen LogP contribution in [0.25, 0.3) is 0 Å². The van der Waals surface area contributed by atoms with E-state index in [0.717, 1.165) is 24.3 Å². The molecule has 5 rings (SSSR count). The van der Waals surface area contributed by atoms with E-state index in [1.165, 1.54) is 27.8 Å². The van der Waals surface area contributed by atoms with Crippen molar-refractivity contribution in [2.75, 3.05) is 24.7 Å². The molecule has 3 heterocycles. The molecule has 13 heteroatoms. The Balaban J connectivity index is 1.66. The first-order valence-electron chi connectivity index (χ1n) is 12.0. The molecule has 2 aliphatic heterocycles. The van der Waals surface area contributed by atoms with Crippen molar-refractivity contribution in [1.29, 1.82) is 0 Å². The van der Waals surface area contributed by atoms with Crippen LogP contribution in [-0.2, 0) is 15.7 Å². The van der Waals surface area contributed by atoms with Gasteiger partial charge in [0.1, 0.15) is 23.7 Å². The van der Waals surface area contributed by atoms with Crippen LogP contribution in [0.3, 0.4) is 0 Å². The number of hydrogen-bond acceptors (Lipinski definition) is 5. The SMILES string of the molecule is CCN1C(=O)[C@H](NC(=O)c2cccc(C(F)(F)F)c2)[C@H](c2ccc(F)cc2)c2c(C(=O)O)nn(C3COC3)c21. The smallest absolute Gasteiger partial charge is 0.416 e. The Hall–Kier alpha value is -4.26. The second-order valence-corrected chi connectivity index (χ2v) is 9.17. The summed E-state index contributed by atoms with van der Waals surface area (Å²) in [6, 6.07) is 6.92. The molecule has 1 fully saturated rings. The molecule has 2 N–H and O–H groups in total. The maximum Gasteiger partial charge on any atom is 0.416 e. The molecule has 0 bridgehead atoms. The third-order valence-electron chi connectivity index (χ3n) is 6.81. The number of fused-ring (bicyclic) bond motifs is 1. The van der Waals surface area contributed by atoms with E-state index >= 15 is 0 Å². The van der Waals surface area contributed by atoms with Gasteiger partial charge in [0.05, 0.1) is 18.8 Å². The van der Waals surface area contributed by atoms with Crippen LogP contribution in [-0.4, -0.2) is 58.5 Å². The first kappa shape index (κ1) is 26.4. The molecule has 2 atom stereocenters. The molecule has 3 aromatic rings. The van der Waals surface area contributed by atoms with Crippen molar-refractivity contribution in [3.63, 3.8) is 0 Å². The van der Waals surface area contributed by atoms with Gasteiger partial charge < -0.3 is 15.2 Å². The number of hydrogen-bond donors (Lipinski definition) is 2. The Kier molecular flexibility index (Phi) is 6.62. The van der Waals surface area contributed by atoms with Crippen LogP contribution in [0, 0.1) is 5.82 Å². The van der Waals surface area contributed by atoms with Crippen molar-refractivity contribution in [3.05, 3.63) is 82.3 Å². The highest BCUT2D eigenvalue weighted by Gasteiger charge is 2.48. The minimum absolute atomic E-state index is 0.0796. The lowest BCUT2D eigenvalue weighted by molar-refractivity contribution is -0.137. The Morgan fingerprint density at radius 1 is 1.15 bits per heavy atom. The zero-order valence-corrected chi connectivity index (χ0v) is 20.4. The van der Waals surface area contributed by atoms with Crippen molar-refractivity contribution in [2.45, 2.75) is 31.1 Å². The number of carbonyl (C=O) groups is 3. The summed E-state index contributed by atoms with van der Waals surface area (Å²) in [6.07, 6.45) is -4.70. The lowest BCUT2D eigenvalue weighted by atomic mass is 9.80. The zero-order valence-electron chi connectivity index (χ0n) is 20.4. The van der Waals surface area contributed by atoms with Gasteiger partial charge in [-0.3, -0.25) is 14.5 Å². The van der Waals surface area contributed by atoms with Crippen LogP contribution in [0.2, 0.25) is 0 Å². The fraction of sp³-hybridized carbons (Fsp3) is 0.308. The van der Waals surface area contributed by atoms with Crippen molar-refractivity contribution >= 4 is 23.6 Å². The summed E-state index contributed by atoms with van der Waals surface area (Å²) < 4.78 is 60.2. The van der Waals surface area contributed by atoms with Gasteiger partial charge in [-0.1, -0.05) is 18.2 Å². The first-order valence-corrected chi connectivity index (χ1v) is 12.0. The molecule has 1 aromatic heterocycles. The number of rotatable bonds is 6. The fourth-order valence-corrected chi connectivity index (χ4v) is 4.89.